The number of hydrogen-bond donors (Lipinski definition) is 1. The van der Waals surface area contributed by atoms with Crippen LogP contribution >= 0.6 is 0 Å². The predicted octanol–water partition coefficient (Wildman–Crippen LogP) is 1.15. The number of rotatable bonds is 5. The van der Waals surface area contributed by atoms with Crippen molar-refractivity contribution in [2.24, 2.45) is 23.7 Å². The van der Waals surface area contributed by atoms with Crippen molar-refractivity contribution >= 4 is 29.5 Å². The number of nitrogens with one attached hydrogen (secondary N) is 1. The van der Waals surface area contributed by atoms with E-state index in [4.69, 9.17) is 9.47 Å². The lowest BCUT2D eigenvalue weighted by atomic mass is 9.80. The number of amides is 1. The van der Waals surface area contributed by atoms with E-state index in [0.29, 0.717) is 17.7 Å². The van der Waals surface area contributed by atoms with Gasteiger partial charge in [0.25, 0.3) is 5.91 Å². The van der Waals surface area contributed by atoms with Crippen molar-refractivity contribution in [1.29, 1.82) is 0 Å². The summed E-state index contributed by atoms with van der Waals surface area (Å²) in [6.07, 6.45) is 1.46. The molecule has 5 atom stereocenters. The minimum absolute atomic E-state index is 0.0483. The number of esters is 3. The number of anilines is 1. The summed E-state index contributed by atoms with van der Waals surface area (Å²) in [6, 6.07) is 6.14. The van der Waals surface area contributed by atoms with Crippen LogP contribution in [0, 0.1) is 23.7 Å². The van der Waals surface area contributed by atoms with Gasteiger partial charge in [0.05, 0.1) is 24.5 Å². The molecule has 142 valence electrons. The van der Waals surface area contributed by atoms with Crippen molar-refractivity contribution in [2.75, 3.05) is 19.0 Å². The molecule has 1 aromatic carbocycles. The molecule has 1 heterocycles. The molecule has 1 aromatic rings. The lowest BCUT2D eigenvalue weighted by Gasteiger charge is -2.22. The lowest BCUT2D eigenvalue weighted by Crippen LogP contribution is -2.34. The molecule has 3 fully saturated rings. The molecule has 4 rings (SSSR count). The maximum absolute atomic E-state index is 12.4. The maximum atomic E-state index is 12.4. The zero-order chi connectivity index (χ0) is 19.1. The minimum Gasteiger partial charge on any atom is -0.465 e. The molecular weight excluding hydrogens is 354 g/mol. The minimum atomic E-state index is -0.513. The molecule has 1 aliphatic heterocycles. The fourth-order valence-corrected chi connectivity index (χ4v) is 4.56. The van der Waals surface area contributed by atoms with Crippen molar-refractivity contribution < 1.29 is 33.4 Å². The average Bonchev–Trinajstić information content (AvgIpc) is 3.28. The second kappa shape index (κ2) is 6.68. The second-order valence-corrected chi connectivity index (χ2v) is 7.15. The van der Waals surface area contributed by atoms with E-state index in [0.717, 1.165) is 6.42 Å². The van der Waals surface area contributed by atoms with Crippen LogP contribution in [-0.4, -0.2) is 43.6 Å². The van der Waals surface area contributed by atoms with Gasteiger partial charge in [-0.1, -0.05) is 0 Å². The summed E-state index contributed by atoms with van der Waals surface area (Å²) in [5.74, 6) is -2.52. The Morgan fingerprint density at radius 1 is 1.19 bits per heavy atom. The van der Waals surface area contributed by atoms with Crippen LogP contribution in [0.4, 0.5) is 5.69 Å². The van der Waals surface area contributed by atoms with Crippen LogP contribution in [0.3, 0.4) is 0 Å². The first-order chi connectivity index (χ1) is 13.0. The van der Waals surface area contributed by atoms with E-state index in [2.05, 4.69) is 10.1 Å². The molecule has 8 nitrogen and oxygen atoms in total. The van der Waals surface area contributed by atoms with Gasteiger partial charge in [0.1, 0.15) is 6.10 Å². The molecule has 1 amide bonds. The van der Waals surface area contributed by atoms with Crippen LogP contribution in [0.15, 0.2) is 24.3 Å². The van der Waals surface area contributed by atoms with Crippen molar-refractivity contribution in [3.63, 3.8) is 0 Å². The number of hydrogen-bond acceptors (Lipinski definition) is 7. The van der Waals surface area contributed by atoms with Gasteiger partial charge in [-0.05, 0) is 43.0 Å². The van der Waals surface area contributed by atoms with E-state index in [1.165, 1.54) is 19.2 Å². The molecule has 1 N–H and O–H groups in total. The van der Waals surface area contributed by atoms with Gasteiger partial charge in [-0.15, -0.1) is 0 Å². The van der Waals surface area contributed by atoms with Gasteiger partial charge in [0, 0.05) is 11.6 Å². The van der Waals surface area contributed by atoms with E-state index >= 15 is 0 Å². The molecule has 2 bridgehead atoms. The Hall–Kier alpha value is -2.90. The summed E-state index contributed by atoms with van der Waals surface area (Å²) in [5.41, 5.74) is 0.825. The van der Waals surface area contributed by atoms with Crippen LogP contribution in [0.2, 0.25) is 0 Å². The van der Waals surface area contributed by atoms with E-state index < -0.39 is 36.3 Å². The zero-order valence-corrected chi connectivity index (χ0v) is 14.7. The molecule has 3 aliphatic rings. The fraction of sp³-hybridized carbons (Fsp3) is 0.474. The highest BCUT2D eigenvalue weighted by molar-refractivity contribution is 5.95. The number of benzene rings is 1. The summed E-state index contributed by atoms with van der Waals surface area (Å²) in [6.45, 7) is -0.434. The Kier molecular flexibility index (Phi) is 4.33. The normalized spacial score (nSPS) is 30.0. The van der Waals surface area contributed by atoms with Crippen molar-refractivity contribution in [3.05, 3.63) is 29.8 Å². The lowest BCUT2D eigenvalue weighted by molar-refractivity contribution is -0.157. The molecule has 1 saturated heterocycles. The van der Waals surface area contributed by atoms with Gasteiger partial charge >= 0.3 is 17.9 Å². The van der Waals surface area contributed by atoms with Crippen molar-refractivity contribution in [3.8, 4) is 0 Å². The van der Waals surface area contributed by atoms with Crippen LogP contribution in [-0.2, 0) is 28.6 Å². The Labute approximate surface area is 155 Å². The summed E-state index contributed by atoms with van der Waals surface area (Å²) in [5, 5.41) is 2.59. The highest BCUT2D eigenvalue weighted by Gasteiger charge is 2.64. The number of methoxy groups -OCH3 is 1. The third-order valence-corrected chi connectivity index (χ3v) is 5.69. The van der Waals surface area contributed by atoms with E-state index in [-0.39, 0.29) is 23.9 Å². The fourth-order valence-electron chi connectivity index (χ4n) is 4.56. The first-order valence-corrected chi connectivity index (χ1v) is 8.83. The van der Waals surface area contributed by atoms with Gasteiger partial charge in [-0.3, -0.25) is 14.4 Å². The third-order valence-electron chi connectivity index (χ3n) is 5.69. The molecule has 27 heavy (non-hydrogen) atoms. The third kappa shape index (κ3) is 3.05. The summed E-state index contributed by atoms with van der Waals surface area (Å²) >= 11 is 0. The first-order valence-electron chi connectivity index (χ1n) is 8.83. The average molecular weight is 373 g/mol. The Morgan fingerprint density at radius 2 is 1.93 bits per heavy atom. The number of fused-ring (bicyclic) bond motifs is 1. The monoisotopic (exact) mass is 373 g/mol. The number of carbonyl (C=O) groups is 4. The van der Waals surface area contributed by atoms with Crippen LogP contribution in [0.1, 0.15) is 23.2 Å². The van der Waals surface area contributed by atoms with E-state index in [9.17, 15) is 19.2 Å². The maximum Gasteiger partial charge on any atom is 0.337 e. The molecule has 0 spiro atoms. The van der Waals surface area contributed by atoms with Gasteiger partial charge in [-0.2, -0.15) is 0 Å². The largest absolute Gasteiger partial charge is 0.465 e. The highest BCUT2D eigenvalue weighted by Crippen LogP contribution is 2.57. The summed E-state index contributed by atoms with van der Waals surface area (Å²) in [7, 11) is 1.29. The number of carbonyl (C=O) groups excluding carboxylic acids is 4. The van der Waals surface area contributed by atoms with Gasteiger partial charge in [-0.25, -0.2) is 4.79 Å². The smallest absolute Gasteiger partial charge is 0.337 e. The summed E-state index contributed by atoms with van der Waals surface area (Å²) in [4.78, 5) is 47.8. The quantitative estimate of drug-likeness (QED) is 0.609. The molecule has 0 aromatic heterocycles. The van der Waals surface area contributed by atoms with Crippen molar-refractivity contribution in [2.45, 2.75) is 18.9 Å². The van der Waals surface area contributed by atoms with Gasteiger partial charge in [0.2, 0.25) is 0 Å². The van der Waals surface area contributed by atoms with Gasteiger partial charge in [0.15, 0.2) is 6.61 Å². The number of ether oxygens (including phenoxy) is 3. The predicted molar refractivity (Wildman–Crippen MR) is 90.4 cm³/mol. The Balaban J connectivity index is 1.30. The Morgan fingerprint density at radius 3 is 2.63 bits per heavy atom. The zero-order valence-electron chi connectivity index (χ0n) is 14.7. The van der Waals surface area contributed by atoms with E-state index in [1.807, 2.05) is 0 Å². The van der Waals surface area contributed by atoms with Crippen LogP contribution < -0.4 is 5.32 Å². The molecule has 0 unspecified atom stereocenters. The van der Waals surface area contributed by atoms with Crippen molar-refractivity contribution in [1.82, 2.24) is 0 Å². The molecule has 2 aliphatic carbocycles. The van der Waals surface area contributed by atoms with E-state index in [1.54, 1.807) is 12.1 Å². The first kappa shape index (κ1) is 17.5. The molecular formula is C19H19NO7. The molecule has 8 heteroatoms. The Bertz CT molecular complexity index is 801. The highest BCUT2D eigenvalue weighted by atomic mass is 16.6. The SMILES string of the molecule is COC(=O)c1ccc(NC(=O)COC(=O)[C@@H]2[C@@H]3C[C@@H]4[C@@H]2C(=O)O[C@H]4C3)cc1. The summed E-state index contributed by atoms with van der Waals surface area (Å²) < 4.78 is 15.1. The van der Waals surface area contributed by atoms with Crippen LogP contribution in [0.5, 0.6) is 0 Å². The molecule has 2 saturated carbocycles. The van der Waals surface area contributed by atoms with Crippen LogP contribution in [0.25, 0.3) is 0 Å². The topological polar surface area (TPSA) is 108 Å². The standard InChI is InChI=1S/C19H19NO7/c1-25-17(22)9-2-4-11(5-3-9)20-14(21)8-26-18(23)15-10-6-12-13(7-10)27-19(24)16(12)15/h2-5,10,12-13,15-16H,6-8H2,1H3,(H,20,21)/t10-,12+,13+,15-,16+/m1/s1. The van der Waals surface area contributed by atoms with Gasteiger partial charge < -0.3 is 19.5 Å². The molecule has 0 radical (unpaired) electrons. The second-order valence-electron chi connectivity index (χ2n) is 7.15.